The number of benzene rings is 2. The first-order valence-corrected chi connectivity index (χ1v) is 9.86. The SMILES string of the molecule is CN=C(NCc1ccccc1F)NCC1(c2ccc3c(c2)OCO3)CCOCC1.I. The molecule has 0 radical (unpaired) electrons. The lowest BCUT2D eigenvalue weighted by atomic mass is 9.74. The van der Waals surface area contributed by atoms with E-state index in [9.17, 15) is 4.39 Å². The molecule has 0 atom stereocenters. The molecule has 162 valence electrons. The Balaban J connectivity index is 0.00000256. The summed E-state index contributed by atoms with van der Waals surface area (Å²) in [6.45, 7) is 2.73. The summed E-state index contributed by atoms with van der Waals surface area (Å²) in [6, 6.07) is 12.9. The molecule has 2 N–H and O–H groups in total. The van der Waals surface area contributed by atoms with Crippen LogP contribution in [0.3, 0.4) is 0 Å². The van der Waals surface area contributed by atoms with Crippen molar-refractivity contribution in [3.05, 3.63) is 59.4 Å². The minimum atomic E-state index is -0.225. The van der Waals surface area contributed by atoms with Gasteiger partial charge in [-0.15, -0.1) is 24.0 Å². The normalized spacial score (nSPS) is 17.2. The van der Waals surface area contributed by atoms with Gasteiger partial charge in [-0.1, -0.05) is 24.3 Å². The lowest BCUT2D eigenvalue weighted by Gasteiger charge is -2.38. The molecule has 0 aliphatic carbocycles. The standard InChI is InChI=1S/C22H26FN3O3.HI/c1-24-21(25-13-16-4-2-3-5-18(16)23)26-14-22(8-10-27-11-9-22)17-6-7-19-20(12-17)29-15-28-19;/h2-7,12H,8-11,13-15H2,1H3,(H2,24,25,26);1H. The molecule has 1 saturated heterocycles. The van der Waals surface area contributed by atoms with Gasteiger partial charge < -0.3 is 24.8 Å². The molecule has 0 unspecified atom stereocenters. The Morgan fingerprint density at radius 2 is 1.83 bits per heavy atom. The summed E-state index contributed by atoms with van der Waals surface area (Å²) >= 11 is 0. The van der Waals surface area contributed by atoms with E-state index in [2.05, 4.69) is 27.8 Å². The third-order valence-electron chi connectivity index (χ3n) is 5.66. The van der Waals surface area contributed by atoms with Crippen molar-refractivity contribution in [3.63, 3.8) is 0 Å². The fraction of sp³-hybridized carbons (Fsp3) is 0.409. The minimum Gasteiger partial charge on any atom is -0.454 e. The van der Waals surface area contributed by atoms with Crippen LogP contribution in [0, 0.1) is 5.82 Å². The number of aliphatic imine (C=N–C) groups is 1. The molecule has 0 amide bonds. The molecular weight excluding hydrogens is 500 g/mol. The van der Waals surface area contributed by atoms with Gasteiger partial charge in [0.25, 0.3) is 0 Å². The van der Waals surface area contributed by atoms with E-state index in [0.717, 1.165) is 24.3 Å². The van der Waals surface area contributed by atoms with Crippen molar-refractivity contribution in [2.75, 3.05) is 33.6 Å². The van der Waals surface area contributed by atoms with Gasteiger partial charge in [0.05, 0.1) is 0 Å². The van der Waals surface area contributed by atoms with E-state index in [1.165, 1.54) is 11.6 Å². The van der Waals surface area contributed by atoms with E-state index in [1.54, 1.807) is 19.2 Å². The van der Waals surface area contributed by atoms with Crippen molar-refractivity contribution < 1.29 is 18.6 Å². The Morgan fingerprint density at radius 3 is 2.60 bits per heavy atom. The van der Waals surface area contributed by atoms with Gasteiger partial charge in [-0.25, -0.2) is 4.39 Å². The largest absolute Gasteiger partial charge is 0.454 e. The fourth-order valence-electron chi connectivity index (χ4n) is 3.85. The lowest BCUT2D eigenvalue weighted by Crippen LogP contribution is -2.48. The first-order chi connectivity index (χ1) is 14.2. The van der Waals surface area contributed by atoms with Gasteiger partial charge in [-0.2, -0.15) is 0 Å². The van der Waals surface area contributed by atoms with Gasteiger partial charge in [0.15, 0.2) is 17.5 Å². The Bertz CT molecular complexity index is 888. The number of hydrogen-bond acceptors (Lipinski definition) is 4. The van der Waals surface area contributed by atoms with Crippen molar-refractivity contribution in [3.8, 4) is 11.5 Å². The molecule has 0 aromatic heterocycles. The number of guanidine groups is 1. The second-order valence-corrected chi connectivity index (χ2v) is 7.33. The van der Waals surface area contributed by atoms with Crippen molar-refractivity contribution in [1.82, 2.24) is 10.6 Å². The summed E-state index contributed by atoms with van der Waals surface area (Å²) in [7, 11) is 1.72. The molecule has 0 spiro atoms. The predicted molar refractivity (Wildman–Crippen MR) is 124 cm³/mol. The number of ether oxygens (including phenoxy) is 3. The third-order valence-corrected chi connectivity index (χ3v) is 5.66. The smallest absolute Gasteiger partial charge is 0.231 e. The topological polar surface area (TPSA) is 64.1 Å². The van der Waals surface area contributed by atoms with E-state index < -0.39 is 0 Å². The Labute approximate surface area is 193 Å². The summed E-state index contributed by atoms with van der Waals surface area (Å²) in [5.74, 6) is 1.98. The summed E-state index contributed by atoms with van der Waals surface area (Å²) in [5.41, 5.74) is 1.70. The maximum atomic E-state index is 13.9. The molecule has 2 aliphatic heterocycles. The van der Waals surface area contributed by atoms with Crippen LogP contribution < -0.4 is 20.1 Å². The lowest BCUT2D eigenvalue weighted by molar-refractivity contribution is 0.0513. The summed E-state index contributed by atoms with van der Waals surface area (Å²) in [5, 5.41) is 6.62. The second-order valence-electron chi connectivity index (χ2n) is 7.33. The van der Waals surface area contributed by atoms with Gasteiger partial charge in [0, 0.05) is 44.3 Å². The molecule has 2 aromatic rings. The van der Waals surface area contributed by atoms with Gasteiger partial charge in [-0.3, -0.25) is 4.99 Å². The van der Waals surface area contributed by atoms with Crippen molar-refractivity contribution in [2.24, 2.45) is 4.99 Å². The Hall–Kier alpha value is -2.07. The van der Waals surface area contributed by atoms with E-state index in [-0.39, 0.29) is 42.0 Å². The first-order valence-electron chi connectivity index (χ1n) is 9.86. The quantitative estimate of drug-likeness (QED) is 0.354. The number of nitrogens with one attached hydrogen (secondary N) is 2. The molecule has 30 heavy (non-hydrogen) atoms. The second kappa shape index (κ2) is 10.3. The van der Waals surface area contributed by atoms with Crippen LogP contribution >= 0.6 is 24.0 Å². The number of nitrogens with zero attached hydrogens (tertiary/aromatic N) is 1. The molecular formula is C22H27FIN3O3. The van der Waals surface area contributed by atoms with Gasteiger partial charge >= 0.3 is 0 Å². The van der Waals surface area contributed by atoms with E-state index in [1.807, 2.05) is 12.1 Å². The highest BCUT2D eigenvalue weighted by molar-refractivity contribution is 14.0. The van der Waals surface area contributed by atoms with Crippen molar-refractivity contribution in [2.45, 2.75) is 24.8 Å². The van der Waals surface area contributed by atoms with Crippen LogP contribution in [0.4, 0.5) is 4.39 Å². The highest BCUT2D eigenvalue weighted by atomic mass is 127. The average molecular weight is 527 g/mol. The molecule has 2 aromatic carbocycles. The van der Waals surface area contributed by atoms with Crippen LogP contribution in [0.2, 0.25) is 0 Å². The average Bonchev–Trinajstić information content (AvgIpc) is 3.23. The zero-order chi connectivity index (χ0) is 20.1. The van der Waals surface area contributed by atoms with Crippen LogP contribution in [0.25, 0.3) is 0 Å². The van der Waals surface area contributed by atoms with E-state index in [0.29, 0.717) is 37.8 Å². The van der Waals surface area contributed by atoms with E-state index in [4.69, 9.17) is 14.2 Å². The molecule has 6 nitrogen and oxygen atoms in total. The zero-order valence-electron chi connectivity index (χ0n) is 16.9. The van der Waals surface area contributed by atoms with Crippen molar-refractivity contribution >= 4 is 29.9 Å². The third kappa shape index (κ3) is 4.97. The molecule has 2 heterocycles. The molecule has 2 aliphatic rings. The summed E-state index contributed by atoms with van der Waals surface area (Å²) in [4.78, 5) is 4.30. The van der Waals surface area contributed by atoms with Gasteiger partial charge in [-0.05, 0) is 36.6 Å². The molecule has 8 heteroatoms. The predicted octanol–water partition coefficient (Wildman–Crippen LogP) is 3.59. The van der Waals surface area contributed by atoms with Crippen LogP contribution in [-0.4, -0.2) is 39.6 Å². The Kier molecular flexibility index (Phi) is 7.76. The number of hydrogen-bond donors (Lipinski definition) is 2. The van der Waals surface area contributed by atoms with Crippen LogP contribution in [0.15, 0.2) is 47.5 Å². The van der Waals surface area contributed by atoms with Crippen LogP contribution in [-0.2, 0) is 16.7 Å². The zero-order valence-corrected chi connectivity index (χ0v) is 19.3. The summed E-state index contributed by atoms with van der Waals surface area (Å²) < 4.78 is 30.5. The maximum absolute atomic E-state index is 13.9. The first kappa shape index (κ1) is 22.6. The molecule has 4 rings (SSSR count). The fourth-order valence-corrected chi connectivity index (χ4v) is 3.85. The van der Waals surface area contributed by atoms with Crippen LogP contribution in [0.5, 0.6) is 11.5 Å². The molecule has 0 saturated carbocycles. The Morgan fingerprint density at radius 1 is 1.07 bits per heavy atom. The van der Waals surface area contributed by atoms with Crippen LogP contribution in [0.1, 0.15) is 24.0 Å². The maximum Gasteiger partial charge on any atom is 0.231 e. The monoisotopic (exact) mass is 527 g/mol. The van der Waals surface area contributed by atoms with Gasteiger partial charge in [0.1, 0.15) is 5.82 Å². The highest BCUT2D eigenvalue weighted by Crippen LogP contribution is 2.40. The number of halogens is 2. The highest BCUT2D eigenvalue weighted by Gasteiger charge is 2.35. The molecule has 1 fully saturated rings. The van der Waals surface area contributed by atoms with Crippen molar-refractivity contribution in [1.29, 1.82) is 0 Å². The minimum absolute atomic E-state index is 0. The summed E-state index contributed by atoms with van der Waals surface area (Å²) in [6.07, 6.45) is 1.79. The number of fused-ring (bicyclic) bond motifs is 1. The number of rotatable bonds is 5. The van der Waals surface area contributed by atoms with Gasteiger partial charge in [0.2, 0.25) is 6.79 Å². The van der Waals surface area contributed by atoms with E-state index >= 15 is 0 Å². The molecule has 0 bridgehead atoms.